The third-order valence-corrected chi connectivity index (χ3v) is 2.79. The lowest BCUT2D eigenvalue weighted by molar-refractivity contribution is 0.733. The van der Waals surface area contributed by atoms with Crippen molar-refractivity contribution in [3.63, 3.8) is 0 Å². The van der Waals surface area contributed by atoms with Crippen molar-refractivity contribution >= 4 is 34.2 Å². The molecular formula is C8H10ClIN2. The zero-order valence-electron chi connectivity index (χ0n) is 6.43. The Balaban J connectivity index is 3.01. The monoisotopic (exact) mass is 296 g/mol. The summed E-state index contributed by atoms with van der Waals surface area (Å²) in [7, 11) is 0. The van der Waals surface area contributed by atoms with Gasteiger partial charge >= 0.3 is 0 Å². The second-order valence-corrected chi connectivity index (χ2v) is 4.11. The molecule has 0 aliphatic rings. The average molecular weight is 297 g/mol. The van der Waals surface area contributed by atoms with Crippen LogP contribution in [0, 0.1) is 3.57 Å². The number of nitrogens with two attached hydrogens (primary N) is 2. The van der Waals surface area contributed by atoms with Crippen molar-refractivity contribution in [2.24, 2.45) is 11.5 Å². The Bertz CT molecular complexity index is 278. The summed E-state index contributed by atoms with van der Waals surface area (Å²) in [4.78, 5) is 0. The Labute approximate surface area is 90.4 Å². The molecule has 1 atom stereocenters. The van der Waals surface area contributed by atoms with Crippen LogP contribution in [-0.2, 0) is 0 Å². The molecule has 0 fully saturated rings. The van der Waals surface area contributed by atoms with E-state index in [0.29, 0.717) is 6.54 Å². The fraction of sp³-hybridized carbons (Fsp3) is 0.250. The molecule has 0 aliphatic heterocycles. The van der Waals surface area contributed by atoms with E-state index in [1.54, 1.807) is 0 Å². The molecule has 66 valence electrons. The summed E-state index contributed by atoms with van der Waals surface area (Å²) in [5.74, 6) is 0. The predicted octanol–water partition coefficient (Wildman–Crippen LogP) is 1.90. The van der Waals surface area contributed by atoms with Crippen LogP contribution in [0.5, 0.6) is 0 Å². The minimum absolute atomic E-state index is 0.0887. The van der Waals surface area contributed by atoms with E-state index in [-0.39, 0.29) is 6.04 Å². The van der Waals surface area contributed by atoms with Crippen molar-refractivity contribution in [3.05, 3.63) is 32.4 Å². The highest BCUT2D eigenvalue weighted by Gasteiger charge is 2.07. The highest BCUT2D eigenvalue weighted by atomic mass is 127. The molecule has 1 rings (SSSR count). The maximum Gasteiger partial charge on any atom is 0.0430 e. The summed E-state index contributed by atoms with van der Waals surface area (Å²) in [5, 5.41) is 0.729. The molecule has 4 N–H and O–H groups in total. The number of hydrogen-bond donors (Lipinski definition) is 2. The van der Waals surface area contributed by atoms with E-state index in [0.717, 1.165) is 14.2 Å². The summed E-state index contributed by atoms with van der Waals surface area (Å²) < 4.78 is 1.07. The summed E-state index contributed by atoms with van der Waals surface area (Å²) >= 11 is 7.99. The quantitative estimate of drug-likeness (QED) is 0.819. The van der Waals surface area contributed by atoms with Crippen molar-refractivity contribution in [3.8, 4) is 0 Å². The van der Waals surface area contributed by atoms with E-state index in [1.807, 2.05) is 18.2 Å². The third kappa shape index (κ3) is 2.32. The molecule has 0 bridgehead atoms. The van der Waals surface area contributed by atoms with Crippen molar-refractivity contribution in [1.82, 2.24) is 0 Å². The lowest BCUT2D eigenvalue weighted by Gasteiger charge is -2.11. The molecule has 0 heterocycles. The minimum atomic E-state index is -0.0887. The number of benzene rings is 1. The van der Waals surface area contributed by atoms with Gasteiger partial charge < -0.3 is 11.5 Å². The highest BCUT2D eigenvalue weighted by Crippen LogP contribution is 2.21. The molecule has 0 spiro atoms. The Morgan fingerprint density at radius 1 is 1.50 bits per heavy atom. The van der Waals surface area contributed by atoms with Crippen molar-refractivity contribution < 1.29 is 0 Å². The first-order valence-electron chi connectivity index (χ1n) is 3.55. The van der Waals surface area contributed by atoms with Gasteiger partial charge in [0.25, 0.3) is 0 Å². The van der Waals surface area contributed by atoms with Crippen molar-refractivity contribution in [2.45, 2.75) is 6.04 Å². The topological polar surface area (TPSA) is 52.0 Å². The lowest BCUT2D eigenvalue weighted by atomic mass is 10.1. The predicted molar refractivity (Wildman–Crippen MR) is 60.2 cm³/mol. The second kappa shape index (κ2) is 4.41. The van der Waals surface area contributed by atoms with Crippen LogP contribution in [0.4, 0.5) is 0 Å². The van der Waals surface area contributed by atoms with Gasteiger partial charge in [-0.15, -0.1) is 0 Å². The zero-order chi connectivity index (χ0) is 9.14. The summed E-state index contributed by atoms with van der Waals surface area (Å²) in [6.45, 7) is 0.456. The number of halogens is 2. The molecule has 0 aromatic heterocycles. The molecule has 2 nitrogen and oxygen atoms in total. The SMILES string of the molecule is NC[C@@H](N)c1ccc(Cl)cc1I. The van der Waals surface area contributed by atoms with Crippen LogP contribution >= 0.6 is 34.2 Å². The lowest BCUT2D eigenvalue weighted by Crippen LogP contribution is -2.21. The van der Waals surface area contributed by atoms with Gasteiger partial charge in [-0.1, -0.05) is 17.7 Å². The van der Waals surface area contributed by atoms with Crippen LogP contribution in [0.2, 0.25) is 5.02 Å². The van der Waals surface area contributed by atoms with Crippen molar-refractivity contribution in [2.75, 3.05) is 6.54 Å². The standard InChI is InChI=1S/C8H10ClIN2/c9-5-1-2-6(7(10)3-5)8(12)4-11/h1-3,8H,4,11-12H2/t8-/m1/s1. The fourth-order valence-corrected chi connectivity index (χ4v) is 2.20. The van der Waals surface area contributed by atoms with E-state index >= 15 is 0 Å². The van der Waals surface area contributed by atoms with E-state index < -0.39 is 0 Å². The van der Waals surface area contributed by atoms with Gasteiger partial charge in [-0.3, -0.25) is 0 Å². The molecule has 4 heteroatoms. The molecule has 1 aromatic carbocycles. The van der Waals surface area contributed by atoms with Crippen LogP contribution < -0.4 is 11.5 Å². The highest BCUT2D eigenvalue weighted by molar-refractivity contribution is 14.1. The molecule has 0 amide bonds. The third-order valence-electron chi connectivity index (χ3n) is 1.62. The van der Waals surface area contributed by atoms with Gasteiger partial charge in [0, 0.05) is 21.2 Å². The molecular weight excluding hydrogens is 286 g/mol. The molecule has 0 unspecified atom stereocenters. The van der Waals surface area contributed by atoms with Crippen molar-refractivity contribution in [1.29, 1.82) is 0 Å². The molecule has 0 aliphatic carbocycles. The first-order valence-corrected chi connectivity index (χ1v) is 5.01. The van der Waals surface area contributed by atoms with Gasteiger partial charge in [0.2, 0.25) is 0 Å². The molecule has 1 aromatic rings. The van der Waals surface area contributed by atoms with Crippen LogP contribution in [0.15, 0.2) is 18.2 Å². The molecule has 12 heavy (non-hydrogen) atoms. The maximum atomic E-state index is 5.79. The Kier molecular flexibility index (Phi) is 3.77. The van der Waals surface area contributed by atoms with Crippen LogP contribution in [0.1, 0.15) is 11.6 Å². The number of hydrogen-bond acceptors (Lipinski definition) is 2. The first kappa shape index (κ1) is 10.2. The smallest absolute Gasteiger partial charge is 0.0430 e. The summed E-state index contributed by atoms with van der Waals surface area (Å²) in [5.41, 5.74) is 12.3. The van der Waals surface area contributed by atoms with Gasteiger partial charge in [0.15, 0.2) is 0 Å². The first-order chi connectivity index (χ1) is 5.65. The zero-order valence-corrected chi connectivity index (χ0v) is 9.34. The van der Waals surface area contributed by atoms with E-state index in [4.69, 9.17) is 23.1 Å². The van der Waals surface area contributed by atoms with Crippen LogP contribution in [-0.4, -0.2) is 6.54 Å². The molecule has 0 saturated heterocycles. The van der Waals surface area contributed by atoms with Gasteiger partial charge in [0.05, 0.1) is 0 Å². The number of rotatable bonds is 2. The molecule has 0 radical (unpaired) electrons. The Morgan fingerprint density at radius 3 is 2.67 bits per heavy atom. The van der Waals surface area contributed by atoms with E-state index in [1.165, 1.54) is 0 Å². The fourth-order valence-electron chi connectivity index (χ4n) is 0.929. The van der Waals surface area contributed by atoms with Gasteiger partial charge in [-0.2, -0.15) is 0 Å². The normalized spacial score (nSPS) is 13.0. The summed E-state index contributed by atoms with van der Waals surface area (Å²) in [6, 6.07) is 5.54. The summed E-state index contributed by atoms with van der Waals surface area (Å²) in [6.07, 6.45) is 0. The minimum Gasteiger partial charge on any atom is -0.329 e. The average Bonchev–Trinajstić information content (AvgIpc) is 2.03. The maximum absolute atomic E-state index is 5.79. The second-order valence-electron chi connectivity index (χ2n) is 2.51. The Morgan fingerprint density at radius 2 is 2.17 bits per heavy atom. The Hall–Kier alpha value is 0.160. The van der Waals surface area contributed by atoms with Crippen LogP contribution in [0.25, 0.3) is 0 Å². The molecule has 0 saturated carbocycles. The van der Waals surface area contributed by atoms with E-state index in [9.17, 15) is 0 Å². The van der Waals surface area contributed by atoms with Crippen LogP contribution in [0.3, 0.4) is 0 Å². The van der Waals surface area contributed by atoms with E-state index in [2.05, 4.69) is 22.6 Å². The van der Waals surface area contributed by atoms with Gasteiger partial charge in [-0.05, 0) is 40.3 Å². The van der Waals surface area contributed by atoms with Gasteiger partial charge in [-0.25, -0.2) is 0 Å². The van der Waals surface area contributed by atoms with Gasteiger partial charge in [0.1, 0.15) is 0 Å². The largest absolute Gasteiger partial charge is 0.329 e.